The Morgan fingerprint density at radius 2 is 2.17 bits per heavy atom. The van der Waals surface area contributed by atoms with E-state index < -0.39 is 37.5 Å². The van der Waals surface area contributed by atoms with Gasteiger partial charge in [0.15, 0.2) is 0 Å². The number of ether oxygens (including phenoxy) is 1. The second-order valence-electron chi connectivity index (χ2n) is 5.70. The van der Waals surface area contributed by atoms with Gasteiger partial charge in [-0.25, -0.2) is 9.36 Å². The number of nitrogens with zero attached hydrogens (tertiary/aromatic N) is 1. The molecule has 1 saturated heterocycles. The maximum atomic E-state index is 12.0. The summed E-state index contributed by atoms with van der Waals surface area (Å²) in [6.45, 7) is 5.35. The molecule has 0 saturated carbocycles. The van der Waals surface area contributed by atoms with Crippen LogP contribution in [0.1, 0.15) is 44.9 Å². The fraction of sp³-hybridized carbons (Fsp3) is 0.714. The minimum atomic E-state index is -4.18. The highest BCUT2D eigenvalue weighted by Crippen LogP contribution is 2.48. The second-order valence-corrected chi connectivity index (χ2v) is 7.10. The molecule has 136 valence electrons. The topological polar surface area (TPSA) is 120 Å². The molecule has 0 aromatic carbocycles. The largest absolute Gasteiger partial charge is 0.472 e. The highest BCUT2D eigenvalue weighted by Gasteiger charge is 2.40. The summed E-state index contributed by atoms with van der Waals surface area (Å²) >= 11 is 0. The summed E-state index contributed by atoms with van der Waals surface area (Å²) < 4.78 is 29.0. The van der Waals surface area contributed by atoms with Gasteiger partial charge in [0, 0.05) is 18.2 Å². The molecule has 0 amide bonds. The zero-order valence-electron chi connectivity index (χ0n) is 13.9. The third-order valence-electron chi connectivity index (χ3n) is 3.77. The number of aryl methyl sites for hydroxylation is 1. The molecule has 9 nitrogen and oxygen atoms in total. The van der Waals surface area contributed by atoms with Crippen LogP contribution < -0.4 is 11.2 Å². The van der Waals surface area contributed by atoms with Crippen LogP contribution in [0.2, 0.25) is 0 Å². The third-order valence-corrected chi connectivity index (χ3v) is 4.81. The quantitative estimate of drug-likeness (QED) is 0.705. The Morgan fingerprint density at radius 3 is 2.79 bits per heavy atom. The van der Waals surface area contributed by atoms with Crippen LogP contribution in [0.3, 0.4) is 0 Å². The van der Waals surface area contributed by atoms with Crippen LogP contribution in [0.25, 0.3) is 0 Å². The number of aromatic nitrogens is 2. The van der Waals surface area contributed by atoms with E-state index in [-0.39, 0.29) is 13.0 Å². The summed E-state index contributed by atoms with van der Waals surface area (Å²) in [5.41, 5.74) is -0.683. The van der Waals surface area contributed by atoms with E-state index >= 15 is 0 Å². The fourth-order valence-corrected chi connectivity index (χ4v) is 3.59. The summed E-state index contributed by atoms with van der Waals surface area (Å²) in [5.74, 6) is 0. The molecule has 0 aliphatic carbocycles. The molecular formula is C14H23N2O7P. The molecule has 1 fully saturated rings. The lowest BCUT2D eigenvalue weighted by molar-refractivity contribution is -0.0230. The smallest absolute Gasteiger partial charge is 0.352 e. The van der Waals surface area contributed by atoms with Gasteiger partial charge in [0.2, 0.25) is 0 Å². The van der Waals surface area contributed by atoms with Crippen molar-refractivity contribution in [2.24, 2.45) is 0 Å². The number of hydrogen-bond acceptors (Lipinski definition) is 6. The van der Waals surface area contributed by atoms with Gasteiger partial charge >= 0.3 is 13.5 Å². The molecule has 0 bridgehead atoms. The van der Waals surface area contributed by atoms with Crippen molar-refractivity contribution in [3.05, 3.63) is 32.6 Å². The van der Waals surface area contributed by atoms with Gasteiger partial charge in [-0.1, -0.05) is 13.8 Å². The second kappa shape index (κ2) is 7.76. The van der Waals surface area contributed by atoms with Crippen molar-refractivity contribution < 1.29 is 23.2 Å². The summed E-state index contributed by atoms with van der Waals surface area (Å²) in [5, 5.41) is 0. The molecule has 1 aliphatic heterocycles. The van der Waals surface area contributed by atoms with Crippen LogP contribution in [0.15, 0.2) is 15.8 Å². The Labute approximate surface area is 139 Å². The molecule has 2 N–H and O–H groups in total. The number of nitrogens with one attached hydrogen (secondary N) is 1. The van der Waals surface area contributed by atoms with Gasteiger partial charge < -0.3 is 9.63 Å². The van der Waals surface area contributed by atoms with Crippen molar-refractivity contribution in [3.8, 4) is 0 Å². The molecule has 2 unspecified atom stereocenters. The molecular weight excluding hydrogens is 339 g/mol. The first-order valence-corrected chi connectivity index (χ1v) is 9.40. The number of rotatable bonds is 7. The van der Waals surface area contributed by atoms with Gasteiger partial charge in [0.25, 0.3) is 5.56 Å². The summed E-state index contributed by atoms with van der Waals surface area (Å²) in [4.78, 5) is 35.4. The lowest BCUT2D eigenvalue weighted by Crippen LogP contribution is -2.33. The van der Waals surface area contributed by atoms with Crippen LogP contribution in [0.4, 0.5) is 0 Å². The van der Waals surface area contributed by atoms with Gasteiger partial charge in [-0.2, -0.15) is 0 Å². The van der Waals surface area contributed by atoms with E-state index in [1.807, 2.05) is 13.8 Å². The highest BCUT2D eigenvalue weighted by molar-refractivity contribution is 7.47. The van der Waals surface area contributed by atoms with E-state index in [0.29, 0.717) is 18.4 Å². The van der Waals surface area contributed by atoms with E-state index in [2.05, 4.69) is 4.98 Å². The Balaban J connectivity index is 2.17. The molecule has 0 radical (unpaired) electrons. The van der Waals surface area contributed by atoms with Crippen LogP contribution in [-0.2, 0) is 18.3 Å². The Morgan fingerprint density at radius 1 is 1.46 bits per heavy atom. The van der Waals surface area contributed by atoms with E-state index in [1.54, 1.807) is 6.92 Å². The molecule has 1 aromatic heterocycles. The fourth-order valence-electron chi connectivity index (χ4n) is 2.55. The molecule has 1 aliphatic rings. The zero-order valence-corrected chi connectivity index (χ0v) is 14.8. The molecule has 10 heteroatoms. The normalized spacial score (nSPS) is 26.4. The number of phosphoric ester groups is 1. The molecule has 2 rings (SSSR count). The number of H-pyrrole nitrogens is 1. The first kappa shape index (κ1) is 19.1. The maximum absolute atomic E-state index is 12.0. The summed E-state index contributed by atoms with van der Waals surface area (Å²) in [7, 11) is -4.18. The predicted molar refractivity (Wildman–Crippen MR) is 85.8 cm³/mol. The van der Waals surface area contributed by atoms with Crippen molar-refractivity contribution in [1.29, 1.82) is 0 Å². The Kier molecular flexibility index (Phi) is 6.17. The van der Waals surface area contributed by atoms with Crippen molar-refractivity contribution in [1.82, 2.24) is 9.55 Å². The molecule has 24 heavy (non-hydrogen) atoms. The average molecular weight is 362 g/mol. The first-order chi connectivity index (χ1) is 11.3. The minimum Gasteiger partial charge on any atom is -0.352 e. The van der Waals surface area contributed by atoms with Crippen LogP contribution in [0.5, 0.6) is 0 Å². The molecule has 4 atom stereocenters. The number of aromatic amines is 1. The third kappa shape index (κ3) is 4.43. The van der Waals surface area contributed by atoms with E-state index in [1.165, 1.54) is 10.8 Å². The minimum absolute atomic E-state index is 0.111. The summed E-state index contributed by atoms with van der Waals surface area (Å²) in [6.07, 6.45) is 0.894. The summed E-state index contributed by atoms with van der Waals surface area (Å²) in [6, 6.07) is 0. The zero-order chi connectivity index (χ0) is 17.9. The highest BCUT2D eigenvalue weighted by atomic mass is 31.2. The molecule has 1 aromatic rings. The van der Waals surface area contributed by atoms with Crippen molar-refractivity contribution in [2.75, 3.05) is 6.61 Å². The maximum Gasteiger partial charge on any atom is 0.472 e. The number of hydrogen-bond donors (Lipinski definition) is 2. The van der Waals surface area contributed by atoms with Crippen LogP contribution in [-0.4, -0.2) is 33.3 Å². The lowest BCUT2D eigenvalue weighted by atomic mass is 10.1. The van der Waals surface area contributed by atoms with Crippen LogP contribution in [0, 0.1) is 6.92 Å². The van der Waals surface area contributed by atoms with Gasteiger partial charge in [0.1, 0.15) is 6.23 Å². The van der Waals surface area contributed by atoms with Gasteiger partial charge in [-0.3, -0.25) is 23.4 Å². The van der Waals surface area contributed by atoms with E-state index in [9.17, 15) is 19.0 Å². The van der Waals surface area contributed by atoms with Gasteiger partial charge in [-0.15, -0.1) is 0 Å². The predicted octanol–water partition coefficient (Wildman–Crippen LogP) is 1.45. The SMILES string of the molecule is CCCOP(=O)(O)OC1C[C@H](n2cc(C)c(=O)[nH]c2=O)O[C@@H]1CC. The van der Waals surface area contributed by atoms with E-state index in [4.69, 9.17) is 13.8 Å². The monoisotopic (exact) mass is 362 g/mol. The average Bonchev–Trinajstić information content (AvgIpc) is 2.90. The Hall–Kier alpha value is -1.25. The van der Waals surface area contributed by atoms with Gasteiger partial charge in [-0.05, 0) is 19.8 Å². The molecule has 2 heterocycles. The Bertz CT molecular complexity index is 729. The number of phosphoric acid groups is 1. The first-order valence-electron chi connectivity index (χ1n) is 7.90. The van der Waals surface area contributed by atoms with E-state index in [0.717, 1.165) is 0 Å². The standard InChI is InChI=1S/C14H23N2O7P/c1-4-6-21-24(19,20)23-11-7-12(22-10(11)5-2)16-8-9(3)13(17)15-14(16)18/h8,10-12H,4-7H2,1-3H3,(H,19,20)(H,15,17,18)/t10-,11?,12-/m1/s1. The van der Waals surface area contributed by atoms with Gasteiger partial charge in [0.05, 0.1) is 18.8 Å². The van der Waals surface area contributed by atoms with Crippen LogP contribution >= 0.6 is 7.82 Å². The van der Waals surface area contributed by atoms with Crippen molar-refractivity contribution >= 4 is 7.82 Å². The lowest BCUT2D eigenvalue weighted by Gasteiger charge is -2.19. The molecule has 0 spiro atoms. The van der Waals surface area contributed by atoms with Crippen molar-refractivity contribution in [2.45, 2.75) is 58.5 Å². The van der Waals surface area contributed by atoms with Crippen molar-refractivity contribution in [3.63, 3.8) is 0 Å².